The first-order valence-electron chi connectivity index (χ1n) is 9.38. The van der Waals surface area contributed by atoms with Crippen LogP contribution in [-0.2, 0) is 0 Å². The van der Waals surface area contributed by atoms with Crippen molar-refractivity contribution in [3.63, 3.8) is 0 Å². The molecule has 0 spiro atoms. The normalized spacial score (nSPS) is 11.1. The zero-order valence-electron chi connectivity index (χ0n) is 17.0. The molecule has 1 N–H and O–H groups in total. The average Bonchev–Trinajstić information content (AvgIpc) is 3.38. The summed E-state index contributed by atoms with van der Waals surface area (Å²) < 4.78 is 1.68. The van der Waals surface area contributed by atoms with Gasteiger partial charge in [-0.25, -0.2) is 14.6 Å². The van der Waals surface area contributed by atoms with Crippen LogP contribution < -0.4 is 5.32 Å². The standard InChI is InChI=1S/C20H20N8OS/c1-11(2)28-19(25-26-27-28)15-6-5-7-18(23-15)24-20(29)16-8-14(12(3)9-21-16)17-10-30-13(4)22-17/h5-11H,1-4H3,(H,23,24,29). The zero-order valence-corrected chi connectivity index (χ0v) is 17.8. The number of hydrogen-bond acceptors (Lipinski definition) is 8. The summed E-state index contributed by atoms with van der Waals surface area (Å²) in [5, 5.41) is 17.5. The van der Waals surface area contributed by atoms with Gasteiger partial charge in [-0.1, -0.05) is 6.07 Å². The number of pyridine rings is 2. The number of nitrogens with zero attached hydrogens (tertiary/aromatic N) is 7. The van der Waals surface area contributed by atoms with Crippen LogP contribution in [0.15, 0.2) is 35.8 Å². The Labute approximate surface area is 177 Å². The summed E-state index contributed by atoms with van der Waals surface area (Å²) in [6.45, 7) is 7.86. The molecule has 0 atom stereocenters. The number of hydrogen-bond donors (Lipinski definition) is 1. The molecular weight excluding hydrogens is 400 g/mol. The van der Waals surface area contributed by atoms with Crippen LogP contribution in [0.5, 0.6) is 0 Å². The van der Waals surface area contributed by atoms with E-state index in [9.17, 15) is 4.79 Å². The number of thiazole rings is 1. The lowest BCUT2D eigenvalue weighted by Gasteiger charge is -2.09. The first kappa shape index (κ1) is 19.8. The second-order valence-electron chi connectivity index (χ2n) is 7.04. The summed E-state index contributed by atoms with van der Waals surface area (Å²) in [5.41, 5.74) is 3.55. The highest BCUT2D eigenvalue weighted by atomic mass is 32.1. The van der Waals surface area contributed by atoms with E-state index < -0.39 is 0 Å². The van der Waals surface area contributed by atoms with Gasteiger partial charge < -0.3 is 5.32 Å². The van der Waals surface area contributed by atoms with Crippen molar-refractivity contribution >= 4 is 23.1 Å². The van der Waals surface area contributed by atoms with Crippen molar-refractivity contribution in [2.75, 3.05) is 5.32 Å². The Balaban J connectivity index is 1.60. The van der Waals surface area contributed by atoms with Crippen LogP contribution in [0.1, 0.15) is 40.9 Å². The van der Waals surface area contributed by atoms with Gasteiger partial charge in [-0.05, 0) is 61.9 Å². The molecule has 4 rings (SSSR count). The SMILES string of the molecule is Cc1nc(-c2cc(C(=O)Nc3cccc(-c4nnnn4C(C)C)n3)ncc2C)cs1. The van der Waals surface area contributed by atoms with Crippen molar-refractivity contribution in [3.05, 3.63) is 52.1 Å². The van der Waals surface area contributed by atoms with E-state index in [1.54, 1.807) is 46.5 Å². The lowest BCUT2D eigenvalue weighted by atomic mass is 10.1. The van der Waals surface area contributed by atoms with Gasteiger partial charge in [-0.3, -0.25) is 9.78 Å². The summed E-state index contributed by atoms with van der Waals surface area (Å²) in [4.78, 5) is 26.1. The quantitative estimate of drug-likeness (QED) is 0.524. The Bertz CT molecular complexity index is 1210. The summed E-state index contributed by atoms with van der Waals surface area (Å²) >= 11 is 1.57. The predicted molar refractivity (Wildman–Crippen MR) is 114 cm³/mol. The van der Waals surface area contributed by atoms with Gasteiger partial charge in [0.1, 0.15) is 17.2 Å². The number of aromatic nitrogens is 7. The van der Waals surface area contributed by atoms with Crippen molar-refractivity contribution in [2.45, 2.75) is 33.7 Å². The van der Waals surface area contributed by atoms with E-state index in [0.29, 0.717) is 23.0 Å². The van der Waals surface area contributed by atoms with Crippen molar-refractivity contribution in [1.29, 1.82) is 0 Å². The minimum absolute atomic E-state index is 0.0829. The third kappa shape index (κ3) is 3.94. The van der Waals surface area contributed by atoms with Crippen LogP contribution in [0.2, 0.25) is 0 Å². The largest absolute Gasteiger partial charge is 0.305 e. The minimum atomic E-state index is -0.351. The third-order valence-electron chi connectivity index (χ3n) is 4.43. The lowest BCUT2D eigenvalue weighted by Crippen LogP contribution is -2.15. The molecule has 0 unspecified atom stereocenters. The highest BCUT2D eigenvalue weighted by Crippen LogP contribution is 2.25. The molecule has 0 aliphatic carbocycles. The number of carbonyl (C=O) groups is 1. The van der Waals surface area contributed by atoms with Gasteiger partial charge in [0.25, 0.3) is 5.91 Å². The average molecular weight is 421 g/mol. The number of anilines is 1. The molecule has 0 aliphatic rings. The highest BCUT2D eigenvalue weighted by molar-refractivity contribution is 7.09. The van der Waals surface area contributed by atoms with E-state index in [0.717, 1.165) is 21.8 Å². The molecule has 0 fully saturated rings. The van der Waals surface area contributed by atoms with Crippen LogP contribution in [0.4, 0.5) is 5.82 Å². The fourth-order valence-corrected chi connectivity index (χ4v) is 3.54. The smallest absolute Gasteiger partial charge is 0.275 e. The van der Waals surface area contributed by atoms with Crippen molar-refractivity contribution in [2.24, 2.45) is 0 Å². The maximum Gasteiger partial charge on any atom is 0.275 e. The number of nitrogens with one attached hydrogen (secondary N) is 1. The topological polar surface area (TPSA) is 111 Å². The Morgan fingerprint density at radius 2 is 2.00 bits per heavy atom. The molecule has 4 aromatic heterocycles. The highest BCUT2D eigenvalue weighted by Gasteiger charge is 2.16. The van der Waals surface area contributed by atoms with Crippen LogP contribution in [0, 0.1) is 13.8 Å². The molecule has 10 heteroatoms. The predicted octanol–water partition coefficient (Wildman–Crippen LogP) is 3.70. The Hall–Kier alpha value is -3.53. The second-order valence-corrected chi connectivity index (χ2v) is 8.10. The van der Waals surface area contributed by atoms with Crippen LogP contribution >= 0.6 is 11.3 Å². The summed E-state index contributed by atoms with van der Waals surface area (Å²) in [5.74, 6) is 0.580. The molecule has 0 aliphatic heterocycles. The Morgan fingerprint density at radius 1 is 1.17 bits per heavy atom. The molecule has 0 bridgehead atoms. The fourth-order valence-electron chi connectivity index (χ4n) is 2.93. The minimum Gasteiger partial charge on any atom is -0.305 e. The maximum atomic E-state index is 12.8. The Morgan fingerprint density at radius 3 is 2.73 bits per heavy atom. The Kier molecular flexibility index (Phi) is 5.32. The van der Waals surface area contributed by atoms with Gasteiger partial charge in [-0.2, -0.15) is 0 Å². The summed E-state index contributed by atoms with van der Waals surface area (Å²) in [6, 6.07) is 7.14. The first-order valence-corrected chi connectivity index (χ1v) is 10.3. The molecule has 9 nitrogen and oxygen atoms in total. The number of carbonyl (C=O) groups excluding carboxylic acids is 1. The lowest BCUT2D eigenvalue weighted by molar-refractivity contribution is 0.102. The molecule has 152 valence electrons. The molecule has 0 saturated carbocycles. The van der Waals surface area contributed by atoms with Crippen LogP contribution in [0.3, 0.4) is 0 Å². The second kappa shape index (κ2) is 8.07. The number of aryl methyl sites for hydroxylation is 2. The molecular formula is C20H20N8OS. The van der Waals surface area contributed by atoms with Crippen molar-refractivity contribution in [1.82, 2.24) is 35.2 Å². The van der Waals surface area contributed by atoms with Crippen LogP contribution in [-0.4, -0.2) is 41.1 Å². The van der Waals surface area contributed by atoms with Crippen molar-refractivity contribution in [3.8, 4) is 22.8 Å². The van der Waals surface area contributed by atoms with E-state index in [-0.39, 0.29) is 11.9 Å². The zero-order chi connectivity index (χ0) is 21.3. The molecule has 30 heavy (non-hydrogen) atoms. The van der Waals surface area contributed by atoms with E-state index in [4.69, 9.17) is 0 Å². The molecule has 1 amide bonds. The van der Waals surface area contributed by atoms with E-state index in [1.807, 2.05) is 33.1 Å². The van der Waals surface area contributed by atoms with Crippen molar-refractivity contribution < 1.29 is 4.79 Å². The fraction of sp³-hybridized carbons (Fsp3) is 0.250. The molecule has 4 aromatic rings. The van der Waals surface area contributed by atoms with Gasteiger partial charge in [0.2, 0.25) is 5.82 Å². The van der Waals surface area contributed by atoms with E-state index in [2.05, 4.69) is 35.8 Å². The molecule has 0 aromatic carbocycles. The monoisotopic (exact) mass is 420 g/mol. The van der Waals surface area contributed by atoms with E-state index >= 15 is 0 Å². The molecule has 4 heterocycles. The maximum absolute atomic E-state index is 12.8. The number of rotatable bonds is 5. The van der Waals surface area contributed by atoms with Gasteiger partial charge >= 0.3 is 0 Å². The number of tetrazole rings is 1. The summed E-state index contributed by atoms with van der Waals surface area (Å²) in [6.07, 6.45) is 1.68. The first-order chi connectivity index (χ1) is 14.4. The van der Waals surface area contributed by atoms with Crippen LogP contribution in [0.25, 0.3) is 22.8 Å². The number of amides is 1. The van der Waals surface area contributed by atoms with Gasteiger partial charge in [0, 0.05) is 17.1 Å². The summed E-state index contributed by atoms with van der Waals surface area (Å²) in [7, 11) is 0. The van der Waals surface area contributed by atoms with Gasteiger partial charge in [-0.15, -0.1) is 16.4 Å². The van der Waals surface area contributed by atoms with Gasteiger partial charge in [0.05, 0.1) is 16.7 Å². The molecule has 0 saturated heterocycles. The van der Waals surface area contributed by atoms with Gasteiger partial charge in [0.15, 0.2) is 0 Å². The molecule has 0 radical (unpaired) electrons. The van der Waals surface area contributed by atoms with E-state index in [1.165, 1.54) is 0 Å². The third-order valence-corrected chi connectivity index (χ3v) is 5.21.